The van der Waals surface area contributed by atoms with E-state index in [-0.39, 0.29) is 12.6 Å². The normalized spacial score (nSPS) is 12.5. The Balaban J connectivity index is 1.96. The molecule has 0 fully saturated rings. The summed E-state index contributed by atoms with van der Waals surface area (Å²) in [6.07, 6.45) is 1.05. The fourth-order valence-electron chi connectivity index (χ4n) is 1.98. The maximum absolute atomic E-state index is 9.26. The molecule has 102 valence electrons. The van der Waals surface area contributed by atoms with Crippen LogP contribution < -0.4 is 10.1 Å². The van der Waals surface area contributed by atoms with Gasteiger partial charge in [-0.3, -0.25) is 0 Å². The SMILES string of the molecule is CCCNC(CO)COc1ccc2ccccc2c1. The van der Waals surface area contributed by atoms with Crippen LogP contribution in [-0.4, -0.2) is 30.9 Å². The van der Waals surface area contributed by atoms with Crippen LogP contribution in [0.15, 0.2) is 42.5 Å². The summed E-state index contributed by atoms with van der Waals surface area (Å²) in [6.45, 7) is 3.57. The highest BCUT2D eigenvalue weighted by Gasteiger charge is 2.07. The number of rotatable bonds is 7. The highest BCUT2D eigenvalue weighted by atomic mass is 16.5. The van der Waals surface area contributed by atoms with Gasteiger partial charge in [0.25, 0.3) is 0 Å². The van der Waals surface area contributed by atoms with Crippen LogP contribution in [0.4, 0.5) is 0 Å². The van der Waals surface area contributed by atoms with Crippen LogP contribution in [0.1, 0.15) is 13.3 Å². The summed E-state index contributed by atoms with van der Waals surface area (Å²) >= 11 is 0. The molecule has 2 aromatic rings. The third-order valence-electron chi connectivity index (χ3n) is 3.08. The molecule has 1 unspecified atom stereocenters. The van der Waals surface area contributed by atoms with Gasteiger partial charge in [-0.2, -0.15) is 0 Å². The lowest BCUT2D eigenvalue weighted by Crippen LogP contribution is -2.38. The lowest BCUT2D eigenvalue weighted by molar-refractivity contribution is 0.183. The van der Waals surface area contributed by atoms with E-state index in [9.17, 15) is 5.11 Å². The van der Waals surface area contributed by atoms with Crippen molar-refractivity contribution < 1.29 is 9.84 Å². The van der Waals surface area contributed by atoms with Crippen molar-refractivity contribution in [1.29, 1.82) is 0 Å². The summed E-state index contributed by atoms with van der Waals surface area (Å²) in [5, 5.41) is 14.9. The zero-order chi connectivity index (χ0) is 13.5. The number of ether oxygens (including phenoxy) is 1. The van der Waals surface area contributed by atoms with Crippen molar-refractivity contribution in [2.24, 2.45) is 0 Å². The van der Waals surface area contributed by atoms with Crippen molar-refractivity contribution in [1.82, 2.24) is 5.32 Å². The molecule has 2 aromatic carbocycles. The molecule has 0 bridgehead atoms. The second kappa shape index (κ2) is 7.12. The lowest BCUT2D eigenvalue weighted by atomic mass is 10.1. The Morgan fingerprint density at radius 2 is 1.95 bits per heavy atom. The minimum Gasteiger partial charge on any atom is -0.492 e. The zero-order valence-corrected chi connectivity index (χ0v) is 11.3. The highest BCUT2D eigenvalue weighted by Crippen LogP contribution is 2.20. The van der Waals surface area contributed by atoms with Crippen LogP contribution in [0, 0.1) is 0 Å². The van der Waals surface area contributed by atoms with Crippen LogP contribution >= 0.6 is 0 Å². The second-order valence-corrected chi connectivity index (χ2v) is 4.65. The number of benzene rings is 2. The molecule has 0 spiro atoms. The smallest absolute Gasteiger partial charge is 0.120 e. The van der Waals surface area contributed by atoms with Gasteiger partial charge in [-0.15, -0.1) is 0 Å². The van der Waals surface area contributed by atoms with Crippen molar-refractivity contribution in [3.63, 3.8) is 0 Å². The van der Waals surface area contributed by atoms with E-state index in [1.54, 1.807) is 0 Å². The molecule has 2 rings (SSSR count). The first-order chi connectivity index (χ1) is 9.33. The average molecular weight is 259 g/mol. The molecule has 0 amide bonds. The molecule has 0 aliphatic heterocycles. The second-order valence-electron chi connectivity index (χ2n) is 4.65. The first-order valence-corrected chi connectivity index (χ1v) is 6.79. The Kier molecular flexibility index (Phi) is 5.19. The number of fused-ring (bicyclic) bond motifs is 1. The maximum atomic E-state index is 9.26. The molecule has 0 aromatic heterocycles. The van der Waals surface area contributed by atoms with E-state index in [0.29, 0.717) is 6.61 Å². The molecule has 19 heavy (non-hydrogen) atoms. The fourth-order valence-corrected chi connectivity index (χ4v) is 1.98. The Morgan fingerprint density at radius 1 is 1.16 bits per heavy atom. The van der Waals surface area contributed by atoms with E-state index >= 15 is 0 Å². The topological polar surface area (TPSA) is 41.5 Å². The van der Waals surface area contributed by atoms with E-state index in [1.165, 1.54) is 10.8 Å². The van der Waals surface area contributed by atoms with Gasteiger partial charge < -0.3 is 15.2 Å². The number of hydrogen-bond acceptors (Lipinski definition) is 3. The molecule has 0 aliphatic rings. The van der Waals surface area contributed by atoms with Gasteiger partial charge in [-0.25, -0.2) is 0 Å². The van der Waals surface area contributed by atoms with Crippen LogP contribution in [0.5, 0.6) is 5.75 Å². The molecule has 0 saturated heterocycles. The number of hydrogen-bond donors (Lipinski definition) is 2. The molecule has 0 heterocycles. The summed E-state index contributed by atoms with van der Waals surface area (Å²) in [7, 11) is 0. The molecule has 0 aliphatic carbocycles. The first kappa shape index (κ1) is 13.8. The van der Waals surface area contributed by atoms with E-state index in [4.69, 9.17) is 4.74 Å². The number of aliphatic hydroxyl groups is 1. The summed E-state index contributed by atoms with van der Waals surface area (Å²) in [5.41, 5.74) is 0. The maximum Gasteiger partial charge on any atom is 0.120 e. The minimum atomic E-state index is -0.00794. The van der Waals surface area contributed by atoms with E-state index in [2.05, 4.69) is 30.4 Å². The van der Waals surface area contributed by atoms with Crippen molar-refractivity contribution >= 4 is 10.8 Å². The quantitative estimate of drug-likeness (QED) is 0.803. The van der Waals surface area contributed by atoms with Crippen molar-refractivity contribution in [3.05, 3.63) is 42.5 Å². The molecule has 3 heteroatoms. The summed E-state index contributed by atoms with van der Waals surface area (Å²) < 4.78 is 5.74. The van der Waals surface area contributed by atoms with Crippen molar-refractivity contribution in [2.75, 3.05) is 19.8 Å². The Hall–Kier alpha value is -1.58. The van der Waals surface area contributed by atoms with Crippen LogP contribution in [0.25, 0.3) is 10.8 Å². The van der Waals surface area contributed by atoms with E-state index in [1.807, 2.05) is 24.3 Å². The summed E-state index contributed by atoms with van der Waals surface area (Å²) in [5.74, 6) is 0.843. The van der Waals surface area contributed by atoms with Gasteiger partial charge in [-0.05, 0) is 35.9 Å². The summed E-state index contributed by atoms with van der Waals surface area (Å²) in [4.78, 5) is 0. The largest absolute Gasteiger partial charge is 0.492 e. The van der Waals surface area contributed by atoms with Crippen LogP contribution in [0.2, 0.25) is 0 Å². The predicted octanol–water partition coefficient (Wildman–Crippen LogP) is 2.58. The van der Waals surface area contributed by atoms with Gasteiger partial charge >= 0.3 is 0 Å². The molecule has 1 atom stereocenters. The fraction of sp³-hybridized carbons (Fsp3) is 0.375. The van der Waals surface area contributed by atoms with E-state index in [0.717, 1.165) is 18.7 Å². The van der Waals surface area contributed by atoms with Gasteiger partial charge in [0.1, 0.15) is 12.4 Å². The summed E-state index contributed by atoms with van der Waals surface area (Å²) in [6, 6.07) is 14.2. The van der Waals surface area contributed by atoms with Gasteiger partial charge in [0.05, 0.1) is 12.6 Å². The first-order valence-electron chi connectivity index (χ1n) is 6.79. The van der Waals surface area contributed by atoms with Gasteiger partial charge in [0.15, 0.2) is 0 Å². The van der Waals surface area contributed by atoms with Crippen LogP contribution in [0.3, 0.4) is 0 Å². The molecule has 3 nitrogen and oxygen atoms in total. The average Bonchev–Trinajstić information content (AvgIpc) is 2.47. The Bertz CT molecular complexity index is 513. The Labute approximate surface area is 114 Å². The highest BCUT2D eigenvalue weighted by molar-refractivity contribution is 5.83. The standard InChI is InChI=1S/C16H21NO2/c1-2-9-17-15(11-18)12-19-16-8-7-13-5-3-4-6-14(13)10-16/h3-8,10,15,17-18H,2,9,11-12H2,1H3. The van der Waals surface area contributed by atoms with Crippen molar-refractivity contribution in [2.45, 2.75) is 19.4 Å². The van der Waals surface area contributed by atoms with Gasteiger partial charge in [0, 0.05) is 0 Å². The van der Waals surface area contributed by atoms with Gasteiger partial charge in [0.2, 0.25) is 0 Å². The third kappa shape index (κ3) is 3.94. The minimum absolute atomic E-state index is 0.00794. The van der Waals surface area contributed by atoms with E-state index < -0.39 is 0 Å². The lowest BCUT2D eigenvalue weighted by Gasteiger charge is -2.16. The molecule has 2 N–H and O–H groups in total. The molecule has 0 radical (unpaired) electrons. The molecular weight excluding hydrogens is 238 g/mol. The number of nitrogens with one attached hydrogen (secondary N) is 1. The zero-order valence-electron chi connectivity index (χ0n) is 11.3. The molecular formula is C16H21NO2. The third-order valence-corrected chi connectivity index (χ3v) is 3.08. The monoisotopic (exact) mass is 259 g/mol. The Morgan fingerprint density at radius 3 is 2.68 bits per heavy atom. The predicted molar refractivity (Wildman–Crippen MR) is 78.6 cm³/mol. The number of aliphatic hydroxyl groups excluding tert-OH is 1. The molecule has 0 saturated carbocycles. The van der Waals surface area contributed by atoms with Gasteiger partial charge in [-0.1, -0.05) is 37.3 Å². The van der Waals surface area contributed by atoms with Crippen molar-refractivity contribution in [3.8, 4) is 5.75 Å². The van der Waals surface area contributed by atoms with Crippen LogP contribution in [-0.2, 0) is 0 Å².